The van der Waals surface area contributed by atoms with Crippen molar-refractivity contribution < 1.29 is 73.3 Å². The Morgan fingerprint density at radius 1 is 0.354 bits per heavy atom. The van der Waals surface area contributed by atoms with E-state index in [-0.39, 0.29) is 24.8 Å². The number of benzene rings is 8. The van der Waals surface area contributed by atoms with Crippen LogP contribution in [0.3, 0.4) is 0 Å². The van der Waals surface area contributed by atoms with Gasteiger partial charge in [-0.3, -0.25) is 12.2 Å². The Bertz CT molecular complexity index is 3260. The molecule has 12 rings (SSSR count). The maximum atomic E-state index is 3.29. The zero-order valence-electron chi connectivity index (χ0n) is 49.6. The third-order valence-electron chi connectivity index (χ3n) is 14.5. The fourth-order valence-electron chi connectivity index (χ4n) is 10.4. The minimum absolute atomic E-state index is 0. The summed E-state index contributed by atoms with van der Waals surface area (Å²) < 4.78 is 2.83. The van der Waals surface area contributed by atoms with Gasteiger partial charge in [0.15, 0.2) is 0 Å². The average molecular weight is 1270 g/mol. The summed E-state index contributed by atoms with van der Waals surface area (Å²) >= 11 is 2.92. The second-order valence-electron chi connectivity index (χ2n) is 21.2. The van der Waals surface area contributed by atoms with Crippen LogP contribution in [0.5, 0.6) is 0 Å². The van der Waals surface area contributed by atoms with Crippen LogP contribution in [0.1, 0.15) is 136 Å². The molecule has 0 amide bonds. The van der Waals surface area contributed by atoms with Crippen molar-refractivity contribution in [3.63, 3.8) is 0 Å². The molecule has 0 radical (unpaired) electrons. The second-order valence-corrected chi connectivity index (χ2v) is 23.6. The van der Waals surface area contributed by atoms with Crippen LogP contribution in [0.15, 0.2) is 241 Å². The van der Waals surface area contributed by atoms with E-state index in [0.29, 0.717) is 0 Å². The number of rotatable bonds is 12. The molecule has 0 heterocycles. The first-order valence-corrected chi connectivity index (χ1v) is 31.5. The number of hydrogen-bond donors (Lipinski definition) is 0. The second kappa shape index (κ2) is 35.6. The molecule has 2 aliphatic carbocycles. The molecule has 0 saturated heterocycles. The Morgan fingerprint density at radius 2 is 0.598 bits per heavy atom. The molecular formula is C78H80Cl2Zr2-2. The summed E-state index contributed by atoms with van der Waals surface area (Å²) in [6.45, 7) is 17.5. The van der Waals surface area contributed by atoms with Crippen molar-refractivity contribution in [2.45, 2.75) is 120 Å². The van der Waals surface area contributed by atoms with Gasteiger partial charge >= 0.3 is 198 Å². The van der Waals surface area contributed by atoms with Gasteiger partial charge in [-0.05, 0) is 40.5 Å². The van der Waals surface area contributed by atoms with Crippen molar-refractivity contribution in [1.82, 2.24) is 0 Å². The molecule has 10 aromatic rings. The molecule has 0 bridgehead atoms. The molecule has 0 saturated carbocycles. The van der Waals surface area contributed by atoms with Gasteiger partial charge in [0.1, 0.15) is 0 Å². The summed E-state index contributed by atoms with van der Waals surface area (Å²) in [7, 11) is 0. The summed E-state index contributed by atoms with van der Waals surface area (Å²) in [5, 5.41) is 10.9. The molecule has 0 aliphatic heterocycles. The van der Waals surface area contributed by atoms with Gasteiger partial charge in [0.25, 0.3) is 0 Å². The van der Waals surface area contributed by atoms with Gasteiger partial charge < -0.3 is 24.8 Å². The van der Waals surface area contributed by atoms with E-state index in [1.54, 1.807) is 22.3 Å². The van der Waals surface area contributed by atoms with E-state index in [4.69, 9.17) is 0 Å². The van der Waals surface area contributed by atoms with Crippen LogP contribution in [0.2, 0.25) is 0 Å². The van der Waals surface area contributed by atoms with Crippen molar-refractivity contribution >= 4 is 49.5 Å². The van der Waals surface area contributed by atoms with Gasteiger partial charge in [0.2, 0.25) is 0 Å². The summed E-state index contributed by atoms with van der Waals surface area (Å²) in [6.07, 6.45) is 23.3. The van der Waals surface area contributed by atoms with Gasteiger partial charge in [-0.2, -0.15) is 22.3 Å². The Kier molecular flexibility index (Phi) is 29.3. The molecular weight excluding hydrogens is 1190 g/mol. The minimum atomic E-state index is 0. The number of aryl methyl sites for hydroxylation is 4. The van der Waals surface area contributed by atoms with Crippen molar-refractivity contribution in [1.29, 1.82) is 0 Å². The van der Waals surface area contributed by atoms with Crippen LogP contribution in [-0.2, 0) is 48.5 Å². The van der Waals surface area contributed by atoms with E-state index in [0.717, 1.165) is 12.8 Å². The molecule has 0 unspecified atom stereocenters. The molecule has 416 valence electrons. The number of fused-ring (bicyclic) bond motifs is 6. The Hall–Kier alpha value is -5.45. The topological polar surface area (TPSA) is 0 Å². The number of allylic oxidation sites excluding steroid dienone is 8. The van der Waals surface area contributed by atoms with E-state index < -0.39 is 0 Å². The average Bonchev–Trinajstić information content (AvgIpc) is 4.32. The van der Waals surface area contributed by atoms with Gasteiger partial charge in [-0.15, -0.1) is 92.3 Å². The van der Waals surface area contributed by atoms with Gasteiger partial charge in [-0.25, -0.2) is 12.2 Å². The monoisotopic (exact) mass is 1270 g/mol. The van der Waals surface area contributed by atoms with E-state index in [1.807, 2.05) is 0 Å². The zero-order chi connectivity index (χ0) is 56.6. The summed E-state index contributed by atoms with van der Waals surface area (Å²) in [4.78, 5) is 0. The zero-order valence-corrected chi connectivity index (χ0v) is 56.0. The van der Waals surface area contributed by atoms with E-state index >= 15 is 0 Å². The molecule has 0 spiro atoms. The quantitative estimate of drug-likeness (QED) is 0.107. The fraction of sp³-hybridized carbons (Fsp3) is 0.231. The van der Waals surface area contributed by atoms with Crippen molar-refractivity contribution in [2.24, 2.45) is 0 Å². The SMILES string of the molecule is CCCC1=C(CCC)C[C-]=C1.CCCC1=C(CCC)C[C-]=C1.Cc1ccc2c(c1)[cH-]c1cc(C)ccc12.Cc1ccc2c(c1)[cH-]c1cc(C)ccc12.[Cl-].[Cl-].[Zr+2]=[C](c1ccccc1)c1ccccc1.[Zr+2]=[C](c1ccccc1)c1ccccc1. The van der Waals surface area contributed by atoms with Crippen LogP contribution >= 0.6 is 0 Å². The third kappa shape index (κ3) is 19.8. The van der Waals surface area contributed by atoms with Crippen molar-refractivity contribution in [2.75, 3.05) is 0 Å². The molecule has 4 heteroatoms. The molecule has 0 nitrogen and oxygen atoms in total. The first-order chi connectivity index (χ1) is 39.0. The van der Waals surface area contributed by atoms with Crippen LogP contribution in [0.4, 0.5) is 0 Å². The first-order valence-electron chi connectivity index (χ1n) is 29.1. The maximum absolute atomic E-state index is 3.29. The number of hydrogen-bond acceptors (Lipinski definition) is 0. The van der Waals surface area contributed by atoms with Crippen LogP contribution in [0, 0.1) is 39.8 Å². The molecule has 2 aliphatic rings. The molecule has 0 fully saturated rings. The molecule has 0 atom stereocenters. The predicted molar refractivity (Wildman–Crippen MR) is 344 cm³/mol. The van der Waals surface area contributed by atoms with Crippen molar-refractivity contribution in [3.8, 4) is 0 Å². The van der Waals surface area contributed by atoms with Gasteiger partial charge in [0.05, 0.1) is 0 Å². The summed E-state index contributed by atoms with van der Waals surface area (Å²) in [6, 6.07) is 73.4. The standard InChI is InChI=1S/2C15H13.2C13H10.2C11H17.2ClH.2Zr/c2*1-10-3-5-14-12(7-10)9-13-8-11(2)4-6-15(13)14;2*1-3-7-12(8-4-1)11-13-9-5-2-6-10-13;2*1-3-6-10-8-5-9-11(10)7-4-2;;;;/h2*3-9H,1-2H3;2*1-10H;2*8H,3-4,6-7,9H2,1-2H3;2*1H;;/q2*-1;;;2*-1;;;2*+2/p-2. The van der Waals surface area contributed by atoms with E-state index in [1.165, 1.54) is 194 Å². The number of halogens is 2. The Labute approximate surface area is 534 Å². The Balaban J connectivity index is 0.000000180. The van der Waals surface area contributed by atoms with Gasteiger partial charge in [0, 0.05) is 0 Å². The summed E-state index contributed by atoms with van der Waals surface area (Å²) in [5.74, 6) is 0. The van der Waals surface area contributed by atoms with Crippen LogP contribution < -0.4 is 24.8 Å². The first kappa shape index (κ1) is 67.3. The summed E-state index contributed by atoms with van der Waals surface area (Å²) in [5.41, 5.74) is 17.0. The normalized spacial score (nSPS) is 12.0. The van der Waals surface area contributed by atoms with Crippen LogP contribution in [-0.4, -0.2) is 6.41 Å². The Morgan fingerprint density at radius 3 is 0.829 bits per heavy atom. The third-order valence-corrected chi connectivity index (χ3v) is 17.4. The van der Waals surface area contributed by atoms with E-state index in [9.17, 15) is 0 Å². The predicted octanol–water partition coefficient (Wildman–Crippen LogP) is 15.6. The van der Waals surface area contributed by atoms with E-state index in [2.05, 4.69) is 286 Å². The molecule has 0 aromatic heterocycles. The molecule has 0 N–H and O–H groups in total. The molecule has 82 heavy (non-hydrogen) atoms. The van der Waals surface area contributed by atoms with Gasteiger partial charge in [-0.1, -0.05) is 137 Å². The molecule has 10 aromatic carbocycles. The van der Waals surface area contributed by atoms with Crippen molar-refractivity contribution in [3.05, 3.63) is 297 Å². The fourth-order valence-corrected chi connectivity index (χ4v) is 12.1. The van der Waals surface area contributed by atoms with Crippen LogP contribution in [0.25, 0.3) is 43.1 Å².